The minimum absolute atomic E-state index is 0.239. The summed E-state index contributed by atoms with van der Waals surface area (Å²) in [6, 6.07) is 2.64. The molecule has 1 amide bonds. The highest BCUT2D eigenvalue weighted by molar-refractivity contribution is 5.96. The van der Waals surface area contributed by atoms with Crippen molar-refractivity contribution in [2.45, 2.75) is 31.7 Å². The molecule has 18 heavy (non-hydrogen) atoms. The van der Waals surface area contributed by atoms with Crippen molar-refractivity contribution in [2.24, 2.45) is 0 Å². The standard InChI is InChI=1S/C13H16N2O3/c16-12(10-5-4-7-14-9-10)15-8-3-1-2-6-11(15)13(17)18/h4-5,7,9,11H,1-3,6,8H2,(H,17,18). The summed E-state index contributed by atoms with van der Waals surface area (Å²) in [6.45, 7) is 0.505. The van der Waals surface area contributed by atoms with Crippen LogP contribution in [-0.4, -0.2) is 39.5 Å². The summed E-state index contributed by atoms with van der Waals surface area (Å²) >= 11 is 0. The molecule has 1 aromatic rings. The van der Waals surface area contributed by atoms with E-state index in [0.717, 1.165) is 19.3 Å². The first-order chi connectivity index (χ1) is 8.70. The van der Waals surface area contributed by atoms with Crippen LogP contribution in [0.15, 0.2) is 24.5 Å². The molecule has 5 heteroatoms. The molecular formula is C13H16N2O3. The van der Waals surface area contributed by atoms with Gasteiger partial charge in [0.05, 0.1) is 5.56 Å². The fourth-order valence-corrected chi connectivity index (χ4v) is 2.26. The van der Waals surface area contributed by atoms with Crippen LogP contribution in [0.1, 0.15) is 36.0 Å². The van der Waals surface area contributed by atoms with Gasteiger partial charge >= 0.3 is 5.97 Å². The molecule has 0 radical (unpaired) electrons. The molecule has 5 nitrogen and oxygen atoms in total. The average molecular weight is 248 g/mol. The highest BCUT2D eigenvalue weighted by Gasteiger charge is 2.31. The van der Waals surface area contributed by atoms with Crippen LogP contribution in [0.5, 0.6) is 0 Å². The molecule has 0 bridgehead atoms. The smallest absolute Gasteiger partial charge is 0.326 e. The fourth-order valence-electron chi connectivity index (χ4n) is 2.26. The molecule has 1 aromatic heterocycles. The second-order valence-corrected chi connectivity index (χ2v) is 4.44. The highest BCUT2D eigenvalue weighted by atomic mass is 16.4. The van der Waals surface area contributed by atoms with Crippen molar-refractivity contribution in [1.82, 2.24) is 9.88 Å². The van der Waals surface area contributed by atoms with Gasteiger partial charge in [-0.15, -0.1) is 0 Å². The zero-order valence-electron chi connectivity index (χ0n) is 10.1. The Balaban J connectivity index is 2.22. The predicted molar refractivity (Wildman–Crippen MR) is 65.2 cm³/mol. The van der Waals surface area contributed by atoms with Crippen molar-refractivity contribution >= 4 is 11.9 Å². The molecular weight excluding hydrogens is 232 g/mol. The van der Waals surface area contributed by atoms with Gasteiger partial charge in [-0.25, -0.2) is 4.79 Å². The molecule has 0 spiro atoms. The molecule has 1 unspecified atom stereocenters. The van der Waals surface area contributed by atoms with Gasteiger partial charge in [0.2, 0.25) is 0 Å². The highest BCUT2D eigenvalue weighted by Crippen LogP contribution is 2.19. The molecule has 1 fully saturated rings. The van der Waals surface area contributed by atoms with Crippen molar-refractivity contribution in [3.63, 3.8) is 0 Å². The first kappa shape index (κ1) is 12.5. The summed E-state index contributed by atoms with van der Waals surface area (Å²) in [4.78, 5) is 28.9. The number of hydrogen-bond acceptors (Lipinski definition) is 3. The van der Waals surface area contributed by atoms with Crippen LogP contribution < -0.4 is 0 Å². The first-order valence-corrected chi connectivity index (χ1v) is 6.14. The van der Waals surface area contributed by atoms with Crippen LogP contribution in [0.3, 0.4) is 0 Å². The molecule has 1 saturated heterocycles. The van der Waals surface area contributed by atoms with Crippen molar-refractivity contribution in [1.29, 1.82) is 0 Å². The summed E-state index contributed by atoms with van der Waals surface area (Å²) in [7, 11) is 0. The number of carboxylic acid groups (broad SMARTS) is 1. The number of pyridine rings is 1. The Morgan fingerprint density at radius 1 is 1.33 bits per heavy atom. The number of rotatable bonds is 2. The number of nitrogens with zero attached hydrogens (tertiary/aromatic N) is 2. The van der Waals surface area contributed by atoms with E-state index in [0.29, 0.717) is 18.5 Å². The van der Waals surface area contributed by atoms with Gasteiger partial charge in [-0.3, -0.25) is 9.78 Å². The summed E-state index contributed by atoms with van der Waals surface area (Å²) in [5.74, 6) is -1.16. The molecule has 0 saturated carbocycles. The van der Waals surface area contributed by atoms with E-state index in [-0.39, 0.29) is 5.91 Å². The van der Waals surface area contributed by atoms with Crippen LogP contribution in [0.4, 0.5) is 0 Å². The van der Waals surface area contributed by atoms with Gasteiger partial charge < -0.3 is 10.0 Å². The van der Waals surface area contributed by atoms with Gasteiger partial charge in [-0.2, -0.15) is 0 Å². The number of carbonyl (C=O) groups is 2. The number of hydrogen-bond donors (Lipinski definition) is 1. The van der Waals surface area contributed by atoms with Crippen LogP contribution >= 0.6 is 0 Å². The number of aromatic nitrogens is 1. The lowest BCUT2D eigenvalue weighted by Gasteiger charge is -2.26. The Kier molecular flexibility index (Phi) is 3.92. The van der Waals surface area contributed by atoms with Gasteiger partial charge in [-0.1, -0.05) is 12.8 Å². The number of aliphatic carboxylic acids is 1. The summed E-state index contributed by atoms with van der Waals surface area (Å²) in [5.41, 5.74) is 0.450. The maximum Gasteiger partial charge on any atom is 0.326 e. The van der Waals surface area contributed by atoms with E-state index >= 15 is 0 Å². The molecule has 0 aromatic carbocycles. The molecule has 2 rings (SSSR count). The van der Waals surface area contributed by atoms with Crippen LogP contribution in [0.2, 0.25) is 0 Å². The van der Waals surface area contributed by atoms with E-state index in [4.69, 9.17) is 0 Å². The van der Waals surface area contributed by atoms with E-state index in [9.17, 15) is 14.7 Å². The summed E-state index contributed by atoms with van der Waals surface area (Å²) in [5, 5.41) is 9.22. The lowest BCUT2D eigenvalue weighted by Crippen LogP contribution is -2.44. The predicted octanol–water partition coefficient (Wildman–Crippen LogP) is 1.55. The number of amides is 1. The second-order valence-electron chi connectivity index (χ2n) is 4.44. The second kappa shape index (κ2) is 5.62. The fraction of sp³-hybridized carbons (Fsp3) is 0.462. The van der Waals surface area contributed by atoms with Crippen LogP contribution in [0.25, 0.3) is 0 Å². The minimum atomic E-state index is -0.922. The molecule has 0 aliphatic carbocycles. The molecule has 1 aliphatic rings. The minimum Gasteiger partial charge on any atom is -0.480 e. The monoisotopic (exact) mass is 248 g/mol. The van der Waals surface area contributed by atoms with Crippen LogP contribution in [0, 0.1) is 0 Å². The SMILES string of the molecule is O=C(O)C1CCCCCN1C(=O)c1cccnc1. The number of carbonyl (C=O) groups excluding carboxylic acids is 1. The third-order valence-corrected chi connectivity index (χ3v) is 3.21. The molecule has 1 aliphatic heterocycles. The van der Waals surface area contributed by atoms with Crippen molar-refractivity contribution in [3.8, 4) is 0 Å². The number of carboxylic acids is 1. The lowest BCUT2D eigenvalue weighted by molar-refractivity contribution is -0.142. The van der Waals surface area contributed by atoms with Gasteiger partial charge in [0.15, 0.2) is 0 Å². The average Bonchev–Trinajstić information content (AvgIpc) is 2.64. The van der Waals surface area contributed by atoms with E-state index < -0.39 is 12.0 Å². The number of likely N-dealkylation sites (tertiary alicyclic amines) is 1. The van der Waals surface area contributed by atoms with Gasteiger partial charge in [-0.05, 0) is 25.0 Å². The Hall–Kier alpha value is -1.91. The normalized spacial score (nSPS) is 20.2. The van der Waals surface area contributed by atoms with E-state index in [2.05, 4.69) is 4.98 Å². The summed E-state index contributed by atoms with van der Waals surface area (Å²) in [6.07, 6.45) is 6.28. The Labute approximate surface area is 105 Å². The maximum atomic E-state index is 12.3. The quantitative estimate of drug-likeness (QED) is 0.862. The molecule has 1 N–H and O–H groups in total. The Morgan fingerprint density at radius 2 is 2.17 bits per heavy atom. The largest absolute Gasteiger partial charge is 0.480 e. The topological polar surface area (TPSA) is 70.5 Å². The van der Waals surface area contributed by atoms with E-state index in [1.54, 1.807) is 18.3 Å². The van der Waals surface area contributed by atoms with Crippen molar-refractivity contribution in [3.05, 3.63) is 30.1 Å². The Bertz CT molecular complexity index is 433. The van der Waals surface area contributed by atoms with Gasteiger partial charge in [0, 0.05) is 18.9 Å². The molecule has 96 valence electrons. The van der Waals surface area contributed by atoms with Gasteiger partial charge in [0.1, 0.15) is 6.04 Å². The van der Waals surface area contributed by atoms with E-state index in [1.165, 1.54) is 11.1 Å². The summed E-state index contributed by atoms with van der Waals surface area (Å²) < 4.78 is 0. The zero-order valence-corrected chi connectivity index (χ0v) is 10.1. The van der Waals surface area contributed by atoms with Crippen molar-refractivity contribution < 1.29 is 14.7 Å². The van der Waals surface area contributed by atoms with Gasteiger partial charge in [0.25, 0.3) is 5.91 Å². The molecule has 2 heterocycles. The third-order valence-electron chi connectivity index (χ3n) is 3.21. The van der Waals surface area contributed by atoms with Crippen LogP contribution in [-0.2, 0) is 4.79 Å². The first-order valence-electron chi connectivity index (χ1n) is 6.14. The van der Waals surface area contributed by atoms with Crippen molar-refractivity contribution in [2.75, 3.05) is 6.54 Å². The Morgan fingerprint density at radius 3 is 2.83 bits per heavy atom. The lowest BCUT2D eigenvalue weighted by atomic mass is 10.1. The zero-order chi connectivity index (χ0) is 13.0. The maximum absolute atomic E-state index is 12.3. The third kappa shape index (κ3) is 2.67. The van der Waals surface area contributed by atoms with E-state index in [1.807, 2.05) is 0 Å². The molecule has 1 atom stereocenters.